The molecule has 0 aliphatic carbocycles. The second kappa shape index (κ2) is 7.59. The predicted octanol–water partition coefficient (Wildman–Crippen LogP) is 1.01. The average molecular weight is 404 g/mol. The van der Waals surface area contributed by atoms with E-state index in [9.17, 15) is 18.3 Å². The van der Waals surface area contributed by atoms with Crippen LogP contribution in [0.25, 0.3) is 0 Å². The number of carboxylic acids is 1. The number of hydrogen-bond donors (Lipinski definition) is 2. The molecule has 0 amide bonds. The third-order valence-electron chi connectivity index (χ3n) is 4.44. The Morgan fingerprint density at radius 3 is 2.73 bits per heavy atom. The number of ether oxygens (including phenoxy) is 2. The van der Waals surface area contributed by atoms with Crippen LogP contribution in [-0.2, 0) is 10.0 Å². The molecule has 8 nitrogen and oxygen atoms in total. The van der Waals surface area contributed by atoms with Crippen molar-refractivity contribution in [3.8, 4) is 11.5 Å². The SMILES string of the molecule is [CH2]CC(C1COc2c(cc(Cl)cc2C(=O)O)O1)S(=O)(=O)N1CCNCC1. The molecule has 2 heterocycles. The summed E-state index contributed by atoms with van der Waals surface area (Å²) >= 11 is 5.95. The molecule has 2 N–H and O–H groups in total. The number of halogens is 1. The second-order valence-corrected chi connectivity index (χ2v) is 8.66. The summed E-state index contributed by atoms with van der Waals surface area (Å²) in [4.78, 5) is 11.3. The number of sulfonamides is 1. The van der Waals surface area contributed by atoms with E-state index in [2.05, 4.69) is 12.2 Å². The lowest BCUT2D eigenvalue weighted by atomic mass is 10.1. The lowest BCUT2D eigenvalue weighted by Crippen LogP contribution is -2.54. The van der Waals surface area contributed by atoms with Gasteiger partial charge in [0.15, 0.2) is 17.6 Å². The highest BCUT2D eigenvalue weighted by Crippen LogP contribution is 2.39. The summed E-state index contributed by atoms with van der Waals surface area (Å²) < 4.78 is 38.7. The van der Waals surface area contributed by atoms with Gasteiger partial charge in [-0.2, -0.15) is 4.31 Å². The van der Waals surface area contributed by atoms with Crippen LogP contribution in [0.4, 0.5) is 0 Å². The van der Waals surface area contributed by atoms with Crippen LogP contribution in [0.15, 0.2) is 12.1 Å². The van der Waals surface area contributed by atoms with Crippen molar-refractivity contribution in [2.45, 2.75) is 17.8 Å². The predicted molar refractivity (Wildman–Crippen MR) is 95.4 cm³/mol. The second-order valence-electron chi connectivity index (χ2n) is 6.07. The van der Waals surface area contributed by atoms with Crippen LogP contribution in [0, 0.1) is 6.92 Å². The van der Waals surface area contributed by atoms with E-state index < -0.39 is 27.3 Å². The normalized spacial score (nSPS) is 22.0. The van der Waals surface area contributed by atoms with Gasteiger partial charge in [-0.1, -0.05) is 18.5 Å². The zero-order chi connectivity index (χ0) is 18.9. The fraction of sp³-hybridized carbons (Fsp3) is 0.500. The molecule has 2 aliphatic heterocycles. The Kier molecular flexibility index (Phi) is 5.61. The maximum absolute atomic E-state index is 13.0. The van der Waals surface area contributed by atoms with Gasteiger partial charge in [0, 0.05) is 37.3 Å². The molecular formula is C16H20ClN2O6S. The van der Waals surface area contributed by atoms with Crippen LogP contribution in [0.1, 0.15) is 16.8 Å². The molecular weight excluding hydrogens is 384 g/mol. The summed E-state index contributed by atoms with van der Waals surface area (Å²) in [6.07, 6.45) is -0.706. The third kappa shape index (κ3) is 3.62. The topological polar surface area (TPSA) is 105 Å². The molecule has 0 spiro atoms. The standard InChI is InChI=1S/C16H20ClN2O6S/c1-2-14(26(22,23)19-5-3-18-4-6-19)13-9-24-15-11(16(20)21)7-10(17)8-12(15)25-13/h7-8,13-14,18H,1-6,9H2,(H,20,21). The Balaban J connectivity index is 1.87. The summed E-state index contributed by atoms with van der Waals surface area (Å²) in [5.74, 6) is -1.02. The highest BCUT2D eigenvalue weighted by atomic mass is 35.5. The highest BCUT2D eigenvalue weighted by molar-refractivity contribution is 7.89. The minimum Gasteiger partial charge on any atom is -0.485 e. The summed E-state index contributed by atoms with van der Waals surface area (Å²) in [6, 6.07) is 2.69. The van der Waals surface area contributed by atoms with E-state index in [1.807, 2.05) is 0 Å². The largest absolute Gasteiger partial charge is 0.485 e. The number of fused-ring (bicyclic) bond motifs is 1. The van der Waals surface area contributed by atoms with E-state index in [4.69, 9.17) is 21.1 Å². The molecule has 26 heavy (non-hydrogen) atoms. The number of hydrogen-bond acceptors (Lipinski definition) is 6. The van der Waals surface area contributed by atoms with Crippen molar-refractivity contribution in [2.24, 2.45) is 0 Å². The number of carboxylic acid groups (broad SMARTS) is 1. The van der Waals surface area contributed by atoms with Crippen molar-refractivity contribution in [1.82, 2.24) is 9.62 Å². The highest BCUT2D eigenvalue weighted by Gasteiger charge is 2.41. The van der Waals surface area contributed by atoms with Crippen molar-refractivity contribution in [3.63, 3.8) is 0 Å². The zero-order valence-electron chi connectivity index (χ0n) is 14.0. The van der Waals surface area contributed by atoms with Gasteiger partial charge in [0.25, 0.3) is 0 Å². The molecule has 1 aromatic rings. The molecule has 2 unspecified atom stereocenters. The van der Waals surface area contributed by atoms with E-state index in [0.717, 1.165) is 0 Å². The Labute approximate surface area is 157 Å². The Morgan fingerprint density at radius 1 is 1.42 bits per heavy atom. The van der Waals surface area contributed by atoms with Gasteiger partial charge in [-0.05, 0) is 12.5 Å². The van der Waals surface area contributed by atoms with Crippen molar-refractivity contribution in [3.05, 3.63) is 29.6 Å². The van der Waals surface area contributed by atoms with Gasteiger partial charge in [0.2, 0.25) is 10.0 Å². The molecule has 2 atom stereocenters. The number of benzene rings is 1. The Hall–Kier alpha value is -1.55. The number of rotatable bonds is 5. The van der Waals surface area contributed by atoms with Gasteiger partial charge in [0.1, 0.15) is 17.4 Å². The zero-order valence-corrected chi connectivity index (χ0v) is 15.6. The minimum absolute atomic E-state index is 0.0560. The molecule has 3 rings (SSSR count). The monoisotopic (exact) mass is 403 g/mol. The Bertz CT molecular complexity index is 794. The van der Waals surface area contributed by atoms with E-state index in [1.54, 1.807) is 0 Å². The minimum atomic E-state index is -3.64. The van der Waals surface area contributed by atoms with Gasteiger partial charge in [0.05, 0.1) is 0 Å². The van der Waals surface area contributed by atoms with Crippen molar-refractivity contribution in [2.75, 3.05) is 32.8 Å². The molecule has 0 saturated carbocycles. The smallest absolute Gasteiger partial charge is 0.339 e. The van der Waals surface area contributed by atoms with Gasteiger partial charge < -0.3 is 19.9 Å². The van der Waals surface area contributed by atoms with E-state index >= 15 is 0 Å². The third-order valence-corrected chi connectivity index (χ3v) is 7.05. The molecule has 1 fully saturated rings. The van der Waals surface area contributed by atoms with Crippen molar-refractivity contribution < 1.29 is 27.8 Å². The van der Waals surface area contributed by atoms with Gasteiger partial charge in [-0.15, -0.1) is 0 Å². The number of aromatic carboxylic acids is 1. The molecule has 0 bridgehead atoms. The lowest BCUT2D eigenvalue weighted by molar-refractivity contribution is 0.0653. The summed E-state index contributed by atoms with van der Waals surface area (Å²) in [6.45, 7) is 5.63. The maximum Gasteiger partial charge on any atom is 0.339 e. The lowest BCUT2D eigenvalue weighted by Gasteiger charge is -2.36. The van der Waals surface area contributed by atoms with E-state index in [0.29, 0.717) is 26.2 Å². The molecule has 10 heteroatoms. The number of nitrogens with zero attached hydrogens (tertiary/aromatic N) is 1. The fourth-order valence-corrected chi connectivity index (χ4v) is 5.22. The first kappa shape index (κ1) is 19.2. The van der Waals surface area contributed by atoms with E-state index in [1.165, 1.54) is 16.4 Å². The van der Waals surface area contributed by atoms with Crippen LogP contribution >= 0.6 is 11.6 Å². The molecule has 143 valence electrons. The summed E-state index contributed by atoms with van der Waals surface area (Å²) in [7, 11) is -3.64. The van der Waals surface area contributed by atoms with Crippen LogP contribution in [0.5, 0.6) is 11.5 Å². The molecule has 1 radical (unpaired) electrons. The molecule has 1 saturated heterocycles. The number of piperazine rings is 1. The Morgan fingerprint density at radius 2 is 2.12 bits per heavy atom. The van der Waals surface area contributed by atoms with Crippen LogP contribution in [0.2, 0.25) is 5.02 Å². The van der Waals surface area contributed by atoms with Gasteiger partial charge >= 0.3 is 5.97 Å². The quantitative estimate of drug-likeness (QED) is 0.755. The number of carbonyl (C=O) groups is 1. The fourth-order valence-electron chi connectivity index (χ4n) is 3.13. The van der Waals surface area contributed by atoms with Gasteiger partial charge in [-0.3, -0.25) is 0 Å². The van der Waals surface area contributed by atoms with Crippen molar-refractivity contribution in [1.29, 1.82) is 0 Å². The first-order valence-corrected chi connectivity index (χ1v) is 10.1. The molecule has 1 aromatic carbocycles. The maximum atomic E-state index is 13.0. The first-order valence-electron chi connectivity index (χ1n) is 8.20. The summed E-state index contributed by atoms with van der Waals surface area (Å²) in [5, 5.41) is 11.7. The van der Waals surface area contributed by atoms with Crippen molar-refractivity contribution >= 4 is 27.6 Å². The van der Waals surface area contributed by atoms with Crippen LogP contribution in [0.3, 0.4) is 0 Å². The van der Waals surface area contributed by atoms with Gasteiger partial charge in [-0.25, -0.2) is 13.2 Å². The first-order chi connectivity index (χ1) is 12.3. The van der Waals surface area contributed by atoms with Crippen LogP contribution in [-0.4, -0.2) is 67.9 Å². The average Bonchev–Trinajstić information content (AvgIpc) is 2.61. The van der Waals surface area contributed by atoms with Crippen LogP contribution < -0.4 is 14.8 Å². The summed E-state index contributed by atoms with van der Waals surface area (Å²) in [5.41, 5.74) is -0.123. The molecule has 2 aliphatic rings. The van der Waals surface area contributed by atoms with E-state index in [-0.39, 0.29) is 35.1 Å². The number of nitrogens with one attached hydrogen (secondary N) is 1. The molecule has 0 aromatic heterocycles.